The molecule has 0 heterocycles. The fraction of sp³-hybridized carbons (Fsp3) is 0.625. The molecule has 1 atom stereocenters. The van der Waals surface area contributed by atoms with Crippen LogP contribution in [0.4, 0.5) is 0 Å². The molecule has 3 heteroatoms. The van der Waals surface area contributed by atoms with Gasteiger partial charge in [0.05, 0.1) is 0 Å². The Morgan fingerprint density at radius 1 is 1.16 bits per heavy atom. The van der Waals surface area contributed by atoms with Gasteiger partial charge in [0, 0.05) is 23.6 Å². The molecule has 0 aliphatic heterocycles. The van der Waals surface area contributed by atoms with Crippen molar-refractivity contribution in [2.75, 3.05) is 18.5 Å². The summed E-state index contributed by atoms with van der Waals surface area (Å²) in [6.45, 7) is 6.16. The van der Waals surface area contributed by atoms with E-state index in [1.54, 1.807) is 0 Å². The second-order valence-corrected chi connectivity index (χ2v) is 6.45. The standard InChI is InChI=1S/C16H24BrClO/c1-13(2)7-9-19-10-8-14(12-17)11-15-5-3-4-6-16(15)18/h3-6,13-14H,7-12H2,1-2H3. The predicted molar refractivity (Wildman–Crippen MR) is 87.3 cm³/mol. The van der Waals surface area contributed by atoms with Gasteiger partial charge in [-0.15, -0.1) is 0 Å². The summed E-state index contributed by atoms with van der Waals surface area (Å²) in [5.41, 5.74) is 1.23. The van der Waals surface area contributed by atoms with E-state index in [4.69, 9.17) is 16.3 Å². The third-order valence-corrected chi connectivity index (χ3v) is 4.48. The molecule has 0 radical (unpaired) electrons. The summed E-state index contributed by atoms with van der Waals surface area (Å²) in [6, 6.07) is 8.09. The highest BCUT2D eigenvalue weighted by Crippen LogP contribution is 2.21. The van der Waals surface area contributed by atoms with Crippen molar-refractivity contribution in [3.8, 4) is 0 Å². The smallest absolute Gasteiger partial charge is 0.0469 e. The molecule has 1 aromatic carbocycles. The lowest BCUT2D eigenvalue weighted by Crippen LogP contribution is -2.11. The Hall–Kier alpha value is -0.0500. The fourth-order valence-corrected chi connectivity index (χ4v) is 2.65. The van der Waals surface area contributed by atoms with Crippen LogP contribution in [0.2, 0.25) is 5.02 Å². The van der Waals surface area contributed by atoms with Gasteiger partial charge in [-0.25, -0.2) is 0 Å². The van der Waals surface area contributed by atoms with Gasteiger partial charge < -0.3 is 4.74 Å². The number of hydrogen-bond donors (Lipinski definition) is 0. The van der Waals surface area contributed by atoms with Crippen LogP contribution in [0.25, 0.3) is 0 Å². The van der Waals surface area contributed by atoms with E-state index in [0.29, 0.717) is 5.92 Å². The number of alkyl halides is 1. The minimum atomic E-state index is 0.582. The van der Waals surface area contributed by atoms with Gasteiger partial charge in [0.1, 0.15) is 0 Å². The molecule has 0 bridgehead atoms. The summed E-state index contributed by atoms with van der Waals surface area (Å²) < 4.78 is 5.69. The molecule has 1 aromatic rings. The summed E-state index contributed by atoms with van der Waals surface area (Å²) in [5, 5.41) is 1.86. The van der Waals surface area contributed by atoms with Crippen molar-refractivity contribution in [3.63, 3.8) is 0 Å². The molecule has 108 valence electrons. The van der Waals surface area contributed by atoms with Crippen LogP contribution >= 0.6 is 27.5 Å². The van der Waals surface area contributed by atoms with Gasteiger partial charge in [-0.3, -0.25) is 0 Å². The van der Waals surface area contributed by atoms with Gasteiger partial charge in [-0.1, -0.05) is 59.6 Å². The maximum absolute atomic E-state index is 6.20. The second-order valence-electron chi connectivity index (χ2n) is 5.40. The van der Waals surface area contributed by atoms with Gasteiger partial charge in [0.15, 0.2) is 0 Å². The highest BCUT2D eigenvalue weighted by atomic mass is 79.9. The highest BCUT2D eigenvalue weighted by molar-refractivity contribution is 9.09. The first kappa shape index (κ1) is 17.0. The van der Waals surface area contributed by atoms with E-state index in [9.17, 15) is 0 Å². The Kier molecular flexibility index (Phi) is 8.76. The molecule has 1 rings (SSSR count). The van der Waals surface area contributed by atoms with E-state index in [2.05, 4.69) is 35.8 Å². The van der Waals surface area contributed by atoms with Crippen LogP contribution in [0.5, 0.6) is 0 Å². The quantitative estimate of drug-likeness (QED) is 0.432. The molecule has 19 heavy (non-hydrogen) atoms. The molecular weight excluding hydrogens is 324 g/mol. The zero-order valence-electron chi connectivity index (χ0n) is 11.9. The molecule has 0 N–H and O–H groups in total. The van der Waals surface area contributed by atoms with Gasteiger partial charge >= 0.3 is 0 Å². The minimum Gasteiger partial charge on any atom is -0.381 e. The van der Waals surface area contributed by atoms with Crippen LogP contribution < -0.4 is 0 Å². The molecule has 1 nitrogen and oxygen atoms in total. The minimum absolute atomic E-state index is 0.582. The third-order valence-electron chi connectivity index (χ3n) is 3.19. The van der Waals surface area contributed by atoms with Crippen LogP contribution in [0, 0.1) is 11.8 Å². The molecule has 0 saturated heterocycles. The number of benzene rings is 1. The van der Waals surface area contributed by atoms with Crippen molar-refractivity contribution in [2.24, 2.45) is 11.8 Å². The van der Waals surface area contributed by atoms with Crippen LogP contribution in [-0.2, 0) is 11.2 Å². The largest absolute Gasteiger partial charge is 0.381 e. The number of ether oxygens (including phenoxy) is 1. The van der Waals surface area contributed by atoms with Crippen LogP contribution in [0.15, 0.2) is 24.3 Å². The van der Waals surface area contributed by atoms with Crippen molar-refractivity contribution in [2.45, 2.75) is 33.1 Å². The Morgan fingerprint density at radius 2 is 1.84 bits per heavy atom. The topological polar surface area (TPSA) is 9.23 Å². The van der Waals surface area contributed by atoms with E-state index in [1.807, 2.05) is 18.2 Å². The summed E-state index contributed by atoms with van der Waals surface area (Å²) in [6.07, 6.45) is 3.23. The van der Waals surface area contributed by atoms with Crippen molar-refractivity contribution >= 4 is 27.5 Å². The molecular formula is C16H24BrClO. The van der Waals surface area contributed by atoms with Crippen LogP contribution in [0.3, 0.4) is 0 Å². The molecule has 0 fully saturated rings. The maximum atomic E-state index is 6.20. The van der Waals surface area contributed by atoms with Crippen LogP contribution in [-0.4, -0.2) is 18.5 Å². The van der Waals surface area contributed by atoms with Crippen molar-refractivity contribution in [3.05, 3.63) is 34.9 Å². The fourth-order valence-electron chi connectivity index (χ4n) is 1.88. The van der Waals surface area contributed by atoms with Gasteiger partial charge in [-0.05, 0) is 42.7 Å². The second kappa shape index (κ2) is 9.79. The first-order valence-corrected chi connectivity index (χ1v) is 8.50. The Bertz CT molecular complexity index is 354. The zero-order chi connectivity index (χ0) is 14.1. The average Bonchev–Trinajstić information content (AvgIpc) is 2.39. The zero-order valence-corrected chi connectivity index (χ0v) is 14.2. The summed E-state index contributed by atoms with van der Waals surface area (Å²) >= 11 is 9.79. The number of rotatable bonds is 9. The molecule has 0 amide bonds. The van der Waals surface area contributed by atoms with Gasteiger partial charge in [0.2, 0.25) is 0 Å². The van der Waals surface area contributed by atoms with Gasteiger partial charge in [0.25, 0.3) is 0 Å². The lowest BCUT2D eigenvalue weighted by molar-refractivity contribution is 0.113. The molecule has 0 aliphatic rings. The van der Waals surface area contributed by atoms with E-state index < -0.39 is 0 Å². The molecule has 1 unspecified atom stereocenters. The normalized spacial score (nSPS) is 12.9. The predicted octanol–water partition coefficient (Wildman–Crippen LogP) is 5.35. The molecule has 0 aliphatic carbocycles. The van der Waals surface area contributed by atoms with Crippen LogP contribution in [0.1, 0.15) is 32.3 Å². The lowest BCUT2D eigenvalue weighted by atomic mass is 9.98. The van der Waals surface area contributed by atoms with E-state index in [-0.39, 0.29) is 0 Å². The number of hydrogen-bond acceptors (Lipinski definition) is 1. The first-order valence-electron chi connectivity index (χ1n) is 7.00. The molecule has 0 saturated carbocycles. The SMILES string of the molecule is CC(C)CCOCCC(CBr)Cc1ccccc1Cl. The molecule has 0 spiro atoms. The van der Waals surface area contributed by atoms with E-state index in [0.717, 1.165) is 48.7 Å². The van der Waals surface area contributed by atoms with E-state index >= 15 is 0 Å². The maximum Gasteiger partial charge on any atom is 0.0469 e. The summed E-state index contributed by atoms with van der Waals surface area (Å²) in [7, 11) is 0. The highest BCUT2D eigenvalue weighted by Gasteiger charge is 2.10. The van der Waals surface area contributed by atoms with Crippen molar-refractivity contribution in [1.29, 1.82) is 0 Å². The Morgan fingerprint density at radius 3 is 2.47 bits per heavy atom. The monoisotopic (exact) mass is 346 g/mol. The average molecular weight is 348 g/mol. The number of halogens is 2. The Labute approximate surface area is 130 Å². The van der Waals surface area contributed by atoms with Crippen molar-refractivity contribution in [1.82, 2.24) is 0 Å². The molecule has 0 aromatic heterocycles. The first-order chi connectivity index (χ1) is 9.13. The lowest BCUT2D eigenvalue weighted by Gasteiger charge is -2.15. The summed E-state index contributed by atoms with van der Waals surface area (Å²) in [5.74, 6) is 1.30. The van der Waals surface area contributed by atoms with Gasteiger partial charge in [-0.2, -0.15) is 0 Å². The van der Waals surface area contributed by atoms with E-state index in [1.165, 1.54) is 5.56 Å². The Balaban J connectivity index is 2.28. The third kappa shape index (κ3) is 7.34. The van der Waals surface area contributed by atoms with Crippen molar-refractivity contribution < 1.29 is 4.74 Å². The summed E-state index contributed by atoms with van der Waals surface area (Å²) in [4.78, 5) is 0.